The first kappa shape index (κ1) is 9.97. The monoisotopic (exact) mass is 198 g/mol. The smallest absolute Gasteiger partial charge is 0.303 e. The van der Waals surface area contributed by atoms with E-state index in [2.05, 4.69) is 13.8 Å². The average molecular weight is 198 g/mol. The Balaban J connectivity index is 2.28. The van der Waals surface area contributed by atoms with Gasteiger partial charge in [-0.05, 0) is 29.6 Å². The van der Waals surface area contributed by atoms with Crippen molar-refractivity contribution in [1.82, 2.24) is 0 Å². The minimum Gasteiger partial charge on any atom is -0.481 e. The molecule has 0 unspecified atom stereocenters. The molecule has 3 heteroatoms. The maximum absolute atomic E-state index is 10.9. The van der Waals surface area contributed by atoms with Crippen LogP contribution in [0.25, 0.3) is 0 Å². The molecular weight excluding hydrogens is 180 g/mol. The second-order valence-electron chi connectivity index (χ2n) is 5.30. The molecule has 80 valence electrons. The van der Waals surface area contributed by atoms with Crippen molar-refractivity contribution in [2.45, 2.75) is 33.1 Å². The zero-order valence-corrected chi connectivity index (χ0v) is 8.88. The summed E-state index contributed by atoms with van der Waals surface area (Å²) in [6.07, 6.45) is 2.53. The van der Waals surface area contributed by atoms with E-state index in [0.717, 1.165) is 26.1 Å². The van der Waals surface area contributed by atoms with Gasteiger partial charge in [0.1, 0.15) is 0 Å². The average Bonchev–Trinajstić information content (AvgIpc) is 2.26. The lowest BCUT2D eigenvalue weighted by Crippen LogP contribution is -2.47. The highest BCUT2D eigenvalue weighted by Crippen LogP contribution is 2.60. The quantitative estimate of drug-likeness (QED) is 0.737. The molecule has 1 saturated heterocycles. The van der Waals surface area contributed by atoms with Gasteiger partial charge >= 0.3 is 5.97 Å². The number of carbonyl (C=O) groups is 1. The van der Waals surface area contributed by atoms with Crippen LogP contribution in [-0.4, -0.2) is 24.3 Å². The number of aliphatic carboxylic acids is 1. The summed E-state index contributed by atoms with van der Waals surface area (Å²) in [5.74, 6) is -0.232. The maximum atomic E-state index is 10.9. The summed E-state index contributed by atoms with van der Waals surface area (Å²) < 4.78 is 5.54. The lowest BCUT2D eigenvalue weighted by atomic mass is 9.62. The highest BCUT2D eigenvalue weighted by molar-refractivity contribution is 5.68. The Labute approximate surface area is 84.4 Å². The topological polar surface area (TPSA) is 46.5 Å². The molecule has 1 aliphatic heterocycles. The van der Waals surface area contributed by atoms with E-state index in [1.807, 2.05) is 0 Å². The minimum atomic E-state index is -0.674. The summed E-state index contributed by atoms with van der Waals surface area (Å²) in [5.41, 5.74) is 0.0192. The molecule has 1 N–H and O–H groups in total. The first-order chi connectivity index (χ1) is 6.48. The SMILES string of the molecule is C[C@]12CC[C@@H](COC1)[C@@]2(C)CC(=O)O. The third kappa shape index (κ3) is 1.18. The molecule has 1 heterocycles. The summed E-state index contributed by atoms with van der Waals surface area (Å²) in [6.45, 7) is 5.78. The number of ether oxygens (including phenoxy) is 1. The molecule has 0 aromatic heterocycles. The van der Waals surface area contributed by atoms with Crippen molar-refractivity contribution in [2.24, 2.45) is 16.7 Å². The molecular formula is C11H18O3. The van der Waals surface area contributed by atoms with Crippen LogP contribution in [0.15, 0.2) is 0 Å². The summed E-state index contributed by atoms with van der Waals surface area (Å²) in [4.78, 5) is 10.9. The van der Waals surface area contributed by atoms with E-state index in [4.69, 9.17) is 9.84 Å². The summed E-state index contributed by atoms with van der Waals surface area (Å²) >= 11 is 0. The maximum Gasteiger partial charge on any atom is 0.303 e. The molecule has 1 aliphatic carbocycles. The molecule has 2 rings (SSSR count). The van der Waals surface area contributed by atoms with Gasteiger partial charge < -0.3 is 9.84 Å². The van der Waals surface area contributed by atoms with Gasteiger partial charge in [0.05, 0.1) is 13.0 Å². The van der Waals surface area contributed by atoms with Gasteiger partial charge in [0.25, 0.3) is 0 Å². The van der Waals surface area contributed by atoms with Crippen LogP contribution < -0.4 is 0 Å². The van der Waals surface area contributed by atoms with Crippen molar-refractivity contribution in [3.8, 4) is 0 Å². The van der Waals surface area contributed by atoms with E-state index in [0.29, 0.717) is 5.92 Å². The Morgan fingerprint density at radius 1 is 1.57 bits per heavy atom. The van der Waals surface area contributed by atoms with E-state index in [1.54, 1.807) is 0 Å². The van der Waals surface area contributed by atoms with Gasteiger partial charge in [-0.3, -0.25) is 4.79 Å². The summed E-state index contributed by atoms with van der Waals surface area (Å²) in [6, 6.07) is 0. The van der Waals surface area contributed by atoms with Crippen molar-refractivity contribution in [3.05, 3.63) is 0 Å². The van der Waals surface area contributed by atoms with Crippen LogP contribution in [0.4, 0.5) is 0 Å². The predicted octanol–water partition coefficient (Wildman–Crippen LogP) is 1.91. The van der Waals surface area contributed by atoms with Gasteiger partial charge in [0, 0.05) is 6.61 Å². The highest BCUT2D eigenvalue weighted by atomic mass is 16.5. The molecule has 0 spiro atoms. The minimum absolute atomic E-state index is 0.0584. The Kier molecular flexibility index (Phi) is 2.11. The number of hydrogen-bond donors (Lipinski definition) is 1. The van der Waals surface area contributed by atoms with Crippen LogP contribution in [0, 0.1) is 16.7 Å². The third-order valence-corrected chi connectivity index (χ3v) is 4.58. The predicted molar refractivity (Wildman–Crippen MR) is 52.0 cm³/mol. The van der Waals surface area contributed by atoms with Crippen LogP contribution in [0.3, 0.4) is 0 Å². The Morgan fingerprint density at radius 2 is 2.29 bits per heavy atom. The molecule has 0 radical (unpaired) electrons. The Hall–Kier alpha value is -0.570. The second-order valence-corrected chi connectivity index (χ2v) is 5.30. The molecule has 0 aromatic carbocycles. The number of hydrogen-bond acceptors (Lipinski definition) is 2. The largest absolute Gasteiger partial charge is 0.481 e. The van der Waals surface area contributed by atoms with Crippen LogP contribution in [0.5, 0.6) is 0 Å². The van der Waals surface area contributed by atoms with E-state index >= 15 is 0 Å². The molecule has 0 aromatic rings. The molecule has 2 fully saturated rings. The van der Waals surface area contributed by atoms with Crippen molar-refractivity contribution >= 4 is 5.97 Å². The Bertz CT molecular complexity index is 259. The van der Waals surface area contributed by atoms with Crippen LogP contribution in [0.1, 0.15) is 33.1 Å². The lowest BCUT2D eigenvalue weighted by molar-refractivity contribution is -0.150. The molecule has 2 aliphatic rings. The normalized spacial score (nSPS) is 46.6. The van der Waals surface area contributed by atoms with Gasteiger partial charge in [0.2, 0.25) is 0 Å². The standard InChI is InChI=1S/C11H18O3/c1-10-4-3-8(6-14-7-10)11(10,2)5-9(12)13/h8H,3-7H2,1-2H3,(H,12,13)/t8-,10-,11+/m0/s1. The lowest BCUT2D eigenvalue weighted by Gasteiger charge is -2.47. The van der Waals surface area contributed by atoms with Crippen LogP contribution in [-0.2, 0) is 9.53 Å². The number of carboxylic acid groups (broad SMARTS) is 1. The molecule has 3 nitrogen and oxygen atoms in total. The third-order valence-electron chi connectivity index (χ3n) is 4.58. The second kappa shape index (κ2) is 2.96. The fourth-order valence-corrected chi connectivity index (χ4v) is 3.19. The van der Waals surface area contributed by atoms with Gasteiger partial charge in [-0.15, -0.1) is 0 Å². The van der Waals surface area contributed by atoms with E-state index in [-0.39, 0.29) is 17.3 Å². The fourth-order valence-electron chi connectivity index (χ4n) is 3.19. The first-order valence-corrected chi connectivity index (χ1v) is 5.27. The van der Waals surface area contributed by atoms with Crippen molar-refractivity contribution in [1.29, 1.82) is 0 Å². The van der Waals surface area contributed by atoms with E-state index in [1.165, 1.54) is 0 Å². The summed E-state index contributed by atoms with van der Waals surface area (Å²) in [5, 5.41) is 8.97. The van der Waals surface area contributed by atoms with E-state index < -0.39 is 5.97 Å². The molecule has 3 atom stereocenters. The highest BCUT2D eigenvalue weighted by Gasteiger charge is 2.57. The van der Waals surface area contributed by atoms with Crippen LogP contribution >= 0.6 is 0 Å². The zero-order valence-electron chi connectivity index (χ0n) is 8.88. The van der Waals surface area contributed by atoms with Gasteiger partial charge in [-0.2, -0.15) is 0 Å². The van der Waals surface area contributed by atoms with Crippen molar-refractivity contribution < 1.29 is 14.6 Å². The van der Waals surface area contributed by atoms with Gasteiger partial charge in [-0.25, -0.2) is 0 Å². The number of carboxylic acids is 1. The van der Waals surface area contributed by atoms with Gasteiger partial charge in [-0.1, -0.05) is 13.8 Å². The molecule has 14 heavy (non-hydrogen) atoms. The molecule has 1 saturated carbocycles. The Morgan fingerprint density at radius 3 is 2.86 bits per heavy atom. The van der Waals surface area contributed by atoms with E-state index in [9.17, 15) is 4.79 Å². The zero-order chi connectivity index (χ0) is 10.4. The molecule has 2 bridgehead atoms. The molecule has 0 amide bonds. The number of rotatable bonds is 2. The fraction of sp³-hybridized carbons (Fsp3) is 0.909. The van der Waals surface area contributed by atoms with Crippen LogP contribution in [0.2, 0.25) is 0 Å². The van der Waals surface area contributed by atoms with Crippen molar-refractivity contribution in [2.75, 3.05) is 13.2 Å². The summed E-state index contributed by atoms with van der Waals surface area (Å²) in [7, 11) is 0. The van der Waals surface area contributed by atoms with Gasteiger partial charge in [0.15, 0.2) is 0 Å². The van der Waals surface area contributed by atoms with Crippen molar-refractivity contribution in [3.63, 3.8) is 0 Å². The first-order valence-electron chi connectivity index (χ1n) is 5.27. The number of fused-ring (bicyclic) bond motifs is 2.